The number of rotatable bonds is 4. The summed E-state index contributed by atoms with van der Waals surface area (Å²) < 4.78 is 31.1. The Hall–Kier alpha value is -3.18. The number of anilines is 3. The lowest BCUT2D eigenvalue weighted by Crippen LogP contribution is -2.49. The van der Waals surface area contributed by atoms with Crippen LogP contribution in [0, 0.1) is 0 Å². The number of aromatic nitrogens is 3. The number of ether oxygens (including phenoxy) is 1. The maximum atomic E-state index is 11.5. The van der Waals surface area contributed by atoms with Crippen LogP contribution >= 0.6 is 0 Å². The van der Waals surface area contributed by atoms with Crippen molar-refractivity contribution in [3.63, 3.8) is 0 Å². The van der Waals surface area contributed by atoms with Crippen molar-refractivity contribution in [2.45, 2.75) is 49.5 Å². The quantitative estimate of drug-likeness (QED) is 0.600. The lowest BCUT2D eigenvalue weighted by molar-refractivity contribution is 0.221. The van der Waals surface area contributed by atoms with Crippen LogP contribution in [0.15, 0.2) is 46.5 Å². The maximum absolute atomic E-state index is 11.5. The minimum Gasteiger partial charge on any atom is -0.481 e. The number of hydrazone groups is 1. The molecule has 33 heavy (non-hydrogen) atoms. The van der Waals surface area contributed by atoms with Gasteiger partial charge in [-0.05, 0) is 50.1 Å². The van der Waals surface area contributed by atoms with Crippen LogP contribution in [-0.4, -0.2) is 42.5 Å². The molecular weight excluding hydrogens is 442 g/mol. The minimum absolute atomic E-state index is 0.0513. The van der Waals surface area contributed by atoms with Gasteiger partial charge in [0.15, 0.2) is 0 Å². The van der Waals surface area contributed by atoms with Crippen molar-refractivity contribution in [1.82, 2.24) is 14.5 Å². The van der Waals surface area contributed by atoms with Crippen LogP contribution in [0.1, 0.15) is 39.0 Å². The van der Waals surface area contributed by atoms with Gasteiger partial charge in [-0.25, -0.2) is 23.5 Å². The molecule has 3 N–H and O–H groups in total. The van der Waals surface area contributed by atoms with Gasteiger partial charge in [0.1, 0.15) is 17.0 Å². The minimum atomic E-state index is -3.75. The highest BCUT2D eigenvalue weighted by Gasteiger charge is 2.46. The Kier molecular flexibility index (Phi) is 5.25. The van der Waals surface area contributed by atoms with Crippen molar-refractivity contribution in [1.29, 1.82) is 0 Å². The fraction of sp³-hybridized carbons (Fsp3) is 0.409. The highest BCUT2D eigenvalue weighted by molar-refractivity contribution is 7.89. The highest BCUT2D eigenvalue weighted by atomic mass is 32.2. The second kappa shape index (κ2) is 7.99. The first-order valence-corrected chi connectivity index (χ1v) is 12.6. The number of nitrogens with two attached hydrogens (primary N) is 1. The molecule has 2 aromatic heterocycles. The molecule has 11 heteroatoms. The Morgan fingerprint density at radius 1 is 1.18 bits per heavy atom. The molecule has 0 amide bonds. The third-order valence-electron chi connectivity index (χ3n) is 6.44. The molecule has 1 aromatic carbocycles. The van der Waals surface area contributed by atoms with E-state index in [1.54, 1.807) is 25.4 Å². The molecule has 3 heterocycles. The number of primary sulfonamides is 1. The molecule has 10 nitrogen and oxygen atoms in total. The number of methoxy groups -OCH3 is 1. The van der Waals surface area contributed by atoms with Crippen molar-refractivity contribution in [3.8, 4) is 0 Å². The summed E-state index contributed by atoms with van der Waals surface area (Å²) >= 11 is 0. The average Bonchev–Trinajstić information content (AvgIpc) is 3.20. The molecular formula is C22H27N7O3S. The van der Waals surface area contributed by atoms with Crippen LogP contribution in [0.5, 0.6) is 0 Å². The summed E-state index contributed by atoms with van der Waals surface area (Å²) in [4.78, 5) is 9.39. The van der Waals surface area contributed by atoms with E-state index in [1.807, 2.05) is 5.01 Å². The van der Waals surface area contributed by atoms with Crippen LogP contribution in [0.4, 0.5) is 17.5 Å². The van der Waals surface area contributed by atoms with E-state index in [-0.39, 0.29) is 10.4 Å². The molecule has 5 rings (SSSR count). The fourth-order valence-corrected chi connectivity index (χ4v) is 5.41. The van der Waals surface area contributed by atoms with Gasteiger partial charge in [-0.2, -0.15) is 4.98 Å². The number of fused-ring (bicyclic) bond motifs is 4. The average molecular weight is 470 g/mol. The van der Waals surface area contributed by atoms with Crippen LogP contribution in [-0.2, 0) is 20.3 Å². The Balaban J connectivity index is 1.59. The lowest BCUT2D eigenvalue weighted by Gasteiger charge is -2.43. The van der Waals surface area contributed by atoms with Crippen molar-refractivity contribution in [3.05, 3.63) is 36.5 Å². The van der Waals surface area contributed by atoms with Crippen molar-refractivity contribution < 1.29 is 13.2 Å². The van der Waals surface area contributed by atoms with Crippen molar-refractivity contribution in [2.75, 3.05) is 24.0 Å². The molecule has 1 aliphatic carbocycles. The standard InChI is InChI=1S/C22H27N7O3S/c1-3-28-18-13-15-14-24-21(25-16-7-9-17(10-8-16)33(23,30)31)26-19(15)29(18)22(20(27-28)32-2)11-5-4-6-12-22/h7-10,13-14H,3-6,11-12H2,1-2H3,(H2,23,30,31)(H,24,25,26). The third-order valence-corrected chi connectivity index (χ3v) is 7.37. The molecule has 174 valence electrons. The lowest BCUT2D eigenvalue weighted by atomic mass is 9.80. The Morgan fingerprint density at radius 2 is 1.91 bits per heavy atom. The van der Waals surface area contributed by atoms with E-state index < -0.39 is 10.0 Å². The second-order valence-electron chi connectivity index (χ2n) is 8.42. The summed E-state index contributed by atoms with van der Waals surface area (Å²) in [7, 11) is -2.06. The summed E-state index contributed by atoms with van der Waals surface area (Å²) in [6, 6.07) is 8.26. The first-order valence-electron chi connectivity index (χ1n) is 11.1. The van der Waals surface area contributed by atoms with Gasteiger partial charge in [0.05, 0.1) is 12.0 Å². The number of hydrogen-bond donors (Lipinski definition) is 2. The number of hydrogen-bond acceptors (Lipinski definition) is 8. The second-order valence-corrected chi connectivity index (χ2v) is 9.98. The van der Waals surface area contributed by atoms with E-state index in [0.717, 1.165) is 48.4 Å². The van der Waals surface area contributed by atoms with Gasteiger partial charge in [-0.1, -0.05) is 19.3 Å². The van der Waals surface area contributed by atoms with E-state index in [4.69, 9.17) is 20.0 Å². The van der Waals surface area contributed by atoms with Crippen molar-refractivity contribution >= 4 is 44.4 Å². The zero-order valence-electron chi connectivity index (χ0n) is 18.7. The number of nitrogens with zero attached hydrogens (tertiary/aromatic N) is 5. The van der Waals surface area contributed by atoms with Crippen LogP contribution in [0.3, 0.4) is 0 Å². The van der Waals surface area contributed by atoms with E-state index in [1.165, 1.54) is 18.6 Å². The summed E-state index contributed by atoms with van der Waals surface area (Å²) in [5.41, 5.74) is 1.11. The molecule has 3 aromatic rings. The first-order chi connectivity index (χ1) is 15.9. The van der Waals surface area contributed by atoms with Gasteiger partial charge in [-0.15, -0.1) is 5.10 Å². The Bertz CT molecular complexity index is 1330. The highest BCUT2D eigenvalue weighted by Crippen LogP contribution is 2.45. The van der Waals surface area contributed by atoms with Gasteiger partial charge in [0.25, 0.3) is 0 Å². The predicted octanol–water partition coefficient (Wildman–Crippen LogP) is 3.28. The SMILES string of the molecule is CCN1N=C(OC)C2(CCCCC2)n2c1cc1cnc(Nc3ccc(S(N)(=O)=O)cc3)nc12. The summed E-state index contributed by atoms with van der Waals surface area (Å²) in [6.45, 7) is 2.76. The van der Waals surface area contributed by atoms with Crippen LogP contribution < -0.4 is 15.5 Å². The van der Waals surface area contributed by atoms with Gasteiger partial charge in [0.2, 0.25) is 21.9 Å². The number of benzene rings is 1. The smallest absolute Gasteiger partial charge is 0.238 e. The first kappa shape index (κ1) is 21.7. The molecule has 0 unspecified atom stereocenters. The number of sulfonamides is 1. The van der Waals surface area contributed by atoms with Crippen molar-refractivity contribution in [2.24, 2.45) is 10.2 Å². The Morgan fingerprint density at radius 3 is 2.55 bits per heavy atom. The van der Waals surface area contributed by atoms with Gasteiger partial charge >= 0.3 is 0 Å². The monoisotopic (exact) mass is 469 g/mol. The maximum Gasteiger partial charge on any atom is 0.238 e. The molecule has 1 aliphatic heterocycles. The van der Waals surface area contributed by atoms with Gasteiger partial charge < -0.3 is 10.1 Å². The third kappa shape index (κ3) is 3.61. The van der Waals surface area contributed by atoms with E-state index in [9.17, 15) is 8.42 Å². The topological polar surface area (TPSA) is 128 Å². The molecule has 0 bridgehead atoms. The molecule has 1 spiro atoms. The van der Waals surface area contributed by atoms with Crippen LogP contribution in [0.2, 0.25) is 0 Å². The predicted molar refractivity (Wildman–Crippen MR) is 127 cm³/mol. The molecule has 1 fully saturated rings. The Labute approximate surface area is 192 Å². The summed E-state index contributed by atoms with van der Waals surface area (Å²) in [6.07, 6.45) is 7.07. The molecule has 1 saturated carbocycles. The fourth-order valence-electron chi connectivity index (χ4n) is 4.89. The molecule has 0 radical (unpaired) electrons. The van der Waals surface area contributed by atoms with Crippen LogP contribution in [0.25, 0.3) is 11.0 Å². The van der Waals surface area contributed by atoms with E-state index in [2.05, 4.69) is 27.9 Å². The van der Waals surface area contributed by atoms with Gasteiger partial charge in [-0.3, -0.25) is 4.57 Å². The summed E-state index contributed by atoms with van der Waals surface area (Å²) in [5, 5.41) is 16.1. The molecule has 0 saturated heterocycles. The molecule has 0 atom stereocenters. The molecule has 2 aliphatic rings. The van der Waals surface area contributed by atoms with Gasteiger partial charge in [0, 0.05) is 23.8 Å². The van der Waals surface area contributed by atoms with E-state index in [0.29, 0.717) is 18.2 Å². The normalized spacial score (nSPS) is 17.7. The largest absolute Gasteiger partial charge is 0.481 e. The summed E-state index contributed by atoms with van der Waals surface area (Å²) in [5.74, 6) is 2.13. The zero-order chi connectivity index (χ0) is 23.2. The zero-order valence-corrected chi connectivity index (χ0v) is 19.5. The number of nitrogens with one attached hydrogen (secondary N) is 1. The van der Waals surface area contributed by atoms with E-state index >= 15 is 0 Å².